The van der Waals surface area contributed by atoms with E-state index in [-0.39, 0.29) is 5.91 Å². The molecule has 28 heavy (non-hydrogen) atoms. The normalized spacial score (nSPS) is 13.1. The van der Waals surface area contributed by atoms with Crippen LogP contribution < -0.4 is 4.90 Å². The van der Waals surface area contributed by atoms with Crippen LogP contribution in [0.15, 0.2) is 60.7 Å². The molecule has 2 aromatic carbocycles. The Labute approximate surface area is 165 Å². The van der Waals surface area contributed by atoms with E-state index in [0.717, 1.165) is 36.3 Å². The molecule has 0 saturated heterocycles. The summed E-state index contributed by atoms with van der Waals surface area (Å²) in [7, 11) is 1.81. The van der Waals surface area contributed by atoms with Gasteiger partial charge in [-0.1, -0.05) is 48.5 Å². The van der Waals surface area contributed by atoms with Crippen LogP contribution in [-0.2, 0) is 13.0 Å². The largest absolute Gasteiger partial charge is 0.336 e. The van der Waals surface area contributed by atoms with Crippen molar-refractivity contribution in [2.24, 2.45) is 0 Å². The van der Waals surface area contributed by atoms with Crippen molar-refractivity contribution in [3.05, 3.63) is 83.2 Å². The lowest BCUT2D eigenvalue weighted by Gasteiger charge is -2.30. The zero-order valence-electron chi connectivity index (χ0n) is 16.3. The predicted octanol–water partition coefficient (Wildman–Crippen LogP) is 4.14. The van der Waals surface area contributed by atoms with Crippen LogP contribution in [-0.4, -0.2) is 34.4 Å². The van der Waals surface area contributed by atoms with E-state index in [2.05, 4.69) is 33.1 Å². The molecule has 4 rings (SSSR count). The zero-order chi connectivity index (χ0) is 19.5. The molecule has 1 aliphatic heterocycles. The van der Waals surface area contributed by atoms with E-state index < -0.39 is 0 Å². The summed E-state index contributed by atoms with van der Waals surface area (Å²) in [5.41, 5.74) is 4.76. The summed E-state index contributed by atoms with van der Waals surface area (Å²) >= 11 is 0. The highest BCUT2D eigenvalue weighted by Crippen LogP contribution is 2.31. The Balaban J connectivity index is 1.62. The first-order valence-electron chi connectivity index (χ1n) is 9.62. The molecule has 0 atom stereocenters. The number of aromatic nitrogens is 2. The fourth-order valence-corrected chi connectivity index (χ4v) is 3.65. The molecule has 5 nitrogen and oxygen atoms in total. The van der Waals surface area contributed by atoms with E-state index in [1.165, 1.54) is 5.56 Å². The molecular formula is C23H24N4O. The average Bonchev–Trinajstić information content (AvgIpc) is 2.73. The van der Waals surface area contributed by atoms with Crippen LogP contribution in [0.4, 0.5) is 11.6 Å². The van der Waals surface area contributed by atoms with E-state index in [1.54, 1.807) is 11.0 Å². The number of carbonyl (C=O) groups excluding carboxylic acids is 1. The Morgan fingerprint density at radius 3 is 2.64 bits per heavy atom. The van der Waals surface area contributed by atoms with Crippen LogP contribution >= 0.6 is 0 Å². The Bertz CT molecular complexity index is 987. The first kappa shape index (κ1) is 18.2. The van der Waals surface area contributed by atoms with Crippen molar-refractivity contribution in [2.45, 2.75) is 26.3 Å². The Morgan fingerprint density at radius 2 is 1.82 bits per heavy atom. The highest BCUT2D eigenvalue weighted by Gasteiger charge is 2.22. The van der Waals surface area contributed by atoms with Crippen LogP contribution in [0.1, 0.15) is 33.7 Å². The summed E-state index contributed by atoms with van der Waals surface area (Å²) in [6.45, 7) is 3.31. The first-order chi connectivity index (χ1) is 13.6. The monoisotopic (exact) mass is 372 g/mol. The number of hydrogen-bond acceptors (Lipinski definition) is 4. The lowest BCUT2D eigenvalue weighted by molar-refractivity contribution is 0.0779. The number of para-hydroxylation sites is 1. The molecule has 0 aliphatic carbocycles. The van der Waals surface area contributed by atoms with Gasteiger partial charge in [-0.05, 0) is 43.0 Å². The molecule has 1 aromatic heterocycles. The fraction of sp³-hybridized carbons (Fsp3) is 0.261. The van der Waals surface area contributed by atoms with Crippen molar-refractivity contribution in [3.8, 4) is 0 Å². The Morgan fingerprint density at radius 1 is 1.07 bits per heavy atom. The molecule has 0 radical (unpaired) electrons. The Hall–Kier alpha value is -3.21. The average molecular weight is 372 g/mol. The molecule has 3 aromatic rings. The summed E-state index contributed by atoms with van der Waals surface area (Å²) < 4.78 is 0. The minimum absolute atomic E-state index is 0.0964. The van der Waals surface area contributed by atoms with Gasteiger partial charge < -0.3 is 9.80 Å². The lowest BCUT2D eigenvalue weighted by atomic mass is 10.0. The number of amides is 1. The van der Waals surface area contributed by atoms with E-state index in [0.29, 0.717) is 18.2 Å². The molecule has 2 heterocycles. The summed E-state index contributed by atoms with van der Waals surface area (Å²) in [6, 6.07) is 20.1. The van der Waals surface area contributed by atoms with Crippen molar-refractivity contribution < 1.29 is 4.79 Å². The maximum atomic E-state index is 13.0. The molecule has 0 unspecified atom stereocenters. The second-order valence-corrected chi connectivity index (χ2v) is 7.23. The molecule has 1 aliphatic rings. The number of carbonyl (C=O) groups is 1. The van der Waals surface area contributed by atoms with Gasteiger partial charge in [0.15, 0.2) is 0 Å². The van der Waals surface area contributed by atoms with Crippen molar-refractivity contribution in [3.63, 3.8) is 0 Å². The molecular weight excluding hydrogens is 348 g/mol. The second-order valence-electron chi connectivity index (χ2n) is 7.23. The highest BCUT2D eigenvalue weighted by atomic mass is 16.2. The van der Waals surface area contributed by atoms with Gasteiger partial charge in [-0.3, -0.25) is 4.79 Å². The minimum Gasteiger partial charge on any atom is -0.336 e. The standard InChI is InChI=1S/C23H24N4O/c1-17-15-20(22(28)26(2)16-18-9-4-3-5-10-18)25-23(24-17)27-14-8-12-19-11-6-7-13-21(19)27/h3-7,9-11,13,15H,8,12,14,16H2,1-2H3. The van der Waals surface area contributed by atoms with Crippen LogP contribution in [0.2, 0.25) is 0 Å². The molecule has 5 heteroatoms. The van der Waals surface area contributed by atoms with Gasteiger partial charge in [0.1, 0.15) is 5.69 Å². The van der Waals surface area contributed by atoms with Crippen LogP contribution in [0.3, 0.4) is 0 Å². The smallest absolute Gasteiger partial charge is 0.272 e. The summed E-state index contributed by atoms with van der Waals surface area (Å²) in [5, 5.41) is 0. The van der Waals surface area contributed by atoms with Crippen molar-refractivity contribution in [2.75, 3.05) is 18.5 Å². The SMILES string of the molecule is Cc1cc(C(=O)N(C)Cc2ccccc2)nc(N2CCCc3ccccc32)n1. The molecule has 0 spiro atoms. The first-order valence-corrected chi connectivity index (χ1v) is 9.62. The maximum Gasteiger partial charge on any atom is 0.272 e. The minimum atomic E-state index is -0.0964. The second kappa shape index (κ2) is 7.80. The third-order valence-corrected chi connectivity index (χ3v) is 5.02. The van der Waals surface area contributed by atoms with Gasteiger partial charge >= 0.3 is 0 Å². The number of fused-ring (bicyclic) bond motifs is 1. The van der Waals surface area contributed by atoms with Crippen molar-refractivity contribution >= 4 is 17.5 Å². The number of hydrogen-bond donors (Lipinski definition) is 0. The lowest BCUT2D eigenvalue weighted by Crippen LogP contribution is -2.30. The van der Waals surface area contributed by atoms with E-state index in [1.807, 2.05) is 50.4 Å². The topological polar surface area (TPSA) is 49.3 Å². The van der Waals surface area contributed by atoms with Gasteiger partial charge in [0, 0.05) is 31.5 Å². The quantitative estimate of drug-likeness (QED) is 0.691. The van der Waals surface area contributed by atoms with Gasteiger partial charge in [0.05, 0.1) is 0 Å². The number of benzene rings is 2. The number of rotatable bonds is 4. The van der Waals surface area contributed by atoms with Crippen LogP contribution in [0.25, 0.3) is 0 Å². The van der Waals surface area contributed by atoms with Crippen molar-refractivity contribution in [1.82, 2.24) is 14.9 Å². The van der Waals surface area contributed by atoms with E-state index in [9.17, 15) is 4.79 Å². The molecule has 0 fully saturated rings. The van der Waals surface area contributed by atoms with Crippen LogP contribution in [0, 0.1) is 6.92 Å². The third-order valence-electron chi connectivity index (χ3n) is 5.02. The number of nitrogens with zero attached hydrogens (tertiary/aromatic N) is 4. The summed E-state index contributed by atoms with van der Waals surface area (Å²) in [6.07, 6.45) is 2.11. The molecule has 0 saturated carbocycles. The Kier molecular flexibility index (Phi) is 5.06. The highest BCUT2D eigenvalue weighted by molar-refractivity contribution is 5.92. The number of aryl methyl sites for hydroxylation is 2. The summed E-state index contributed by atoms with van der Waals surface area (Å²) in [5.74, 6) is 0.504. The third kappa shape index (κ3) is 3.74. The van der Waals surface area contributed by atoms with E-state index >= 15 is 0 Å². The predicted molar refractivity (Wildman–Crippen MR) is 111 cm³/mol. The van der Waals surface area contributed by atoms with Gasteiger partial charge in [0.25, 0.3) is 5.91 Å². The molecule has 0 bridgehead atoms. The zero-order valence-corrected chi connectivity index (χ0v) is 16.3. The van der Waals surface area contributed by atoms with E-state index in [4.69, 9.17) is 0 Å². The van der Waals surface area contributed by atoms with Crippen LogP contribution in [0.5, 0.6) is 0 Å². The molecule has 0 N–H and O–H groups in total. The molecule has 1 amide bonds. The van der Waals surface area contributed by atoms with Gasteiger partial charge in [0.2, 0.25) is 5.95 Å². The van der Waals surface area contributed by atoms with Gasteiger partial charge in [-0.15, -0.1) is 0 Å². The van der Waals surface area contributed by atoms with Crippen molar-refractivity contribution in [1.29, 1.82) is 0 Å². The van der Waals surface area contributed by atoms with Gasteiger partial charge in [-0.2, -0.15) is 0 Å². The van der Waals surface area contributed by atoms with Gasteiger partial charge in [-0.25, -0.2) is 9.97 Å². The summed E-state index contributed by atoms with van der Waals surface area (Å²) in [4.78, 5) is 26.1. The maximum absolute atomic E-state index is 13.0. The number of anilines is 2. The fourth-order valence-electron chi connectivity index (χ4n) is 3.65. The molecule has 142 valence electrons.